The van der Waals surface area contributed by atoms with Crippen LogP contribution in [0.5, 0.6) is 0 Å². The number of carbonyl (C=O) groups is 2. The number of anilines is 1. The zero-order valence-corrected chi connectivity index (χ0v) is 15.0. The van der Waals surface area contributed by atoms with Crippen LogP contribution in [0.3, 0.4) is 0 Å². The summed E-state index contributed by atoms with van der Waals surface area (Å²) >= 11 is 0. The second-order valence-corrected chi connectivity index (χ2v) is 6.30. The predicted octanol–water partition coefficient (Wildman–Crippen LogP) is 4.39. The first-order valence-electron chi connectivity index (χ1n) is 8.67. The lowest BCUT2D eigenvalue weighted by Crippen LogP contribution is -2.13. The number of rotatable bonds is 4. The van der Waals surface area contributed by atoms with Gasteiger partial charge in [0.2, 0.25) is 0 Å². The van der Waals surface area contributed by atoms with Crippen molar-refractivity contribution in [2.75, 3.05) is 5.32 Å². The molecular weight excluding hydrogens is 373 g/mol. The molecule has 0 unspecified atom stereocenters. The zero-order valence-electron chi connectivity index (χ0n) is 15.0. The van der Waals surface area contributed by atoms with E-state index in [0.717, 1.165) is 0 Å². The Hall–Kier alpha value is -4.13. The number of pyridine rings is 2. The number of nitrogens with zero attached hydrogens (tertiary/aromatic N) is 2. The van der Waals surface area contributed by atoms with Crippen LogP contribution in [0.15, 0.2) is 73.1 Å². The molecule has 0 spiro atoms. The van der Waals surface area contributed by atoms with E-state index in [1.54, 1.807) is 30.6 Å². The van der Waals surface area contributed by atoms with Crippen LogP contribution in [-0.2, 0) is 0 Å². The molecule has 0 bridgehead atoms. The normalized spacial score (nSPS) is 10.7. The smallest absolute Gasteiger partial charge is 0.335 e. The van der Waals surface area contributed by atoms with Gasteiger partial charge < -0.3 is 10.4 Å². The quantitative estimate of drug-likeness (QED) is 0.542. The first-order valence-corrected chi connectivity index (χ1v) is 8.67. The highest BCUT2D eigenvalue weighted by atomic mass is 19.1. The lowest BCUT2D eigenvalue weighted by Gasteiger charge is -2.11. The van der Waals surface area contributed by atoms with Gasteiger partial charge in [-0.1, -0.05) is 6.07 Å². The summed E-state index contributed by atoms with van der Waals surface area (Å²) in [6.07, 6.45) is 3.25. The van der Waals surface area contributed by atoms with E-state index in [2.05, 4.69) is 15.3 Å². The van der Waals surface area contributed by atoms with E-state index in [-0.39, 0.29) is 11.1 Å². The van der Waals surface area contributed by atoms with Gasteiger partial charge in [-0.05, 0) is 54.6 Å². The van der Waals surface area contributed by atoms with Crippen molar-refractivity contribution in [1.29, 1.82) is 0 Å². The molecule has 0 saturated carbocycles. The summed E-state index contributed by atoms with van der Waals surface area (Å²) in [5.41, 5.74) is 2.26. The number of amides is 1. The van der Waals surface area contributed by atoms with Crippen molar-refractivity contribution in [3.05, 3.63) is 90.0 Å². The number of hydrogen-bond donors (Lipinski definition) is 2. The molecule has 7 heteroatoms. The number of hydrogen-bond acceptors (Lipinski definition) is 4. The third-order valence-corrected chi connectivity index (χ3v) is 4.34. The number of benzene rings is 2. The van der Waals surface area contributed by atoms with E-state index in [0.29, 0.717) is 27.8 Å². The summed E-state index contributed by atoms with van der Waals surface area (Å²) in [5, 5.41) is 12.2. The van der Waals surface area contributed by atoms with Gasteiger partial charge >= 0.3 is 5.97 Å². The highest BCUT2D eigenvalue weighted by molar-refractivity contribution is 6.13. The maximum absolute atomic E-state index is 13.8. The summed E-state index contributed by atoms with van der Waals surface area (Å²) in [6, 6.07) is 15.0. The molecule has 2 heterocycles. The molecule has 1 amide bonds. The number of nitrogens with one attached hydrogen (secondary N) is 1. The van der Waals surface area contributed by atoms with Gasteiger partial charge in [0, 0.05) is 29.0 Å². The molecule has 0 saturated heterocycles. The highest BCUT2D eigenvalue weighted by Gasteiger charge is 2.16. The lowest BCUT2D eigenvalue weighted by atomic mass is 10.0. The van der Waals surface area contributed by atoms with E-state index in [1.807, 2.05) is 6.07 Å². The minimum Gasteiger partial charge on any atom is -0.478 e. The molecule has 0 radical (unpaired) electrons. The summed E-state index contributed by atoms with van der Waals surface area (Å²) in [4.78, 5) is 32.7. The van der Waals surface area contributed by atoms with Crippen LogP contribution < -0.4 is 5.32 Å². The van der Waals surface area contributed by atoms with Crippen LogP contribution in [0.2, 0.25) is 0 Å². The molecule has 142 valence electrons. The summed E-state index contributed by atoms with van der Waals surface area (Å²) in [5.74, 6) is -2.09. The Kier molecular flexibility index (Phi) is 4.70. The maximum Gasteiger partial charge on any atom is 0.335 e. The summed E-state index contributed by atoms with van der Waals surface area (Å²) in [7, 11) is 0. The Labute approximate surface area is 164 Å². The molecule has 0 aliphatic rings. The van der Waals surface area contributed by atoms with Crippen molar-refractivity contribution in [2.45, 2.75) is 0 Å². The second kappa shape index (κ2) is 7.47. The zero-order chi connectivity index (χ0) is 20.4. The van der Waals surface area contributed by atoms with Crippen molar-refractivity contribution in [3.8, 4) is 11.3 Å². The van der Waals surface area contributed by atoms with Crippen molar-refractivity contribution < 1.29 is 19.1 Å². The molecular formula is C22H14FN3O3. The fraction of sp³-hybridized carbons (Fsp3) is 0. The lowest BCUT2D eigenvalue weighted by molar-refractivity contribution is 0.0696. The van der Waals surface area contributed by atoms with Crippen LogP contribution in [0.4, 0.5) is 10.1 Å². The van der Waals surface area contributed by atoms with Gasteiger partial charge in [0.15, 0.2) is 0 Å². The van der Waals surface area contributed by atoms with E-state index < -0.39 is 17.7 Å². The van der Waals surface area contributed by atoms with Crippen molar-refractivity contribution >= 4 is 28.5 Å². The van der Waals surface area contributed by atoms with Crippen LogP contribution in [-0.4, -0.2) is 27.0 Å². The third-order valence-electron chi connectivity index (χ3n) is 4.34. The van der Waals surface area contributed by atoms with Crippen LogP contribution in [0, 0.1) is 5.82 Å². The molecule has 0 atom stereocenters. The average Bonchev–Trinajstić information content (AvgIpc) is 2.73. The number of carbonyl (C=O) groups excluding carboxylic acids is 1. The minimum atomic E-state index is -1.10. The third kappa shape index (κ3) is 3.79. The van der Waals surface area contributed by atoms with Crippen LogP contribution in [0.1, 0.15) is 20.7 Å². The predicted molar refractivity (Wildman–Crippen MR) is 106 cm³/mol. The number of fused-ring (bicyclic) bond motifs is 1. The maximum atomic E-state index is 13.8. The molecule has 2 aromatic heterocycles. The van der Waals surface area contributed by atoms with Crippen molar-refractivity contribution in [3.63, 3.8) is 0 Å². The van der Waals surface area contributed by atoms with Gasteiger partial charge in [-0.2, -0.15) is 0 Å². The molecule has 0 fully saturated rings. The Morgan fingerprint density at radius 1 is 1.00 bits per heavy atom. The number of halogens is 1. The Morgan fingerprint density at radius 2 is 1.86 bits per heavy atom. The van der Waals surface area contributed by atoms with Gasteiger partial charge in [-0.25, -0.2) is 14.2 Å². The largest absolute Gasteiger partial charge is 0.478 e. The molecule has 2 aromatic carbocycles. The van der Waals surface area contributed by atoms with Crippen LogP contribution in [0.25, 0.3) is 22.2 Å². The van der Waals surface area contributed by atoms with Gasteiger partial charge in [-0.3, -0.25) is 9.78 Å². The van der Waals surface area contributed by atoms with E-state index in [4.69, 9.17) is 5.11 Å². The number of aromatic carboxylic acids is 1. The van der Waals surface area contributed by atoms with Crippen LogP contribution >= 0.6 is 0 Å². The van der Waals surface area contributed by atoms with E-state index in [1.165, 1.54) is 36.4 Å². The number of carboxylic acids is 1. The highest BCUT2D eigenvalue weighted by Crippen LogP contribution is 2.26. The van der Waals surface area contributed by atoms with Gasteiger partial charge in [0.05, 0.1) is 22.3 Å². The van der Waals surface area contributed by atoms with E-state index in [9.17, 15) is 14.0 Å². The first-order chi connectivity index (χ1) is 14.0. The number of aromatic nitrogens is 2. The van der Waals surface area contributed by atoms with E-state index >= 15 is 0 Å². The fourth-order valence-electron chi connectivity index (χ4n) is 2.98. The first kappa shape index (κ1) is 18.2. The molecule has 4 rings (SSSR count). The number of carboxylic acid groups (broad SMARTS) is 1. The van der Waals surface area contributed by atoms with Gasteiger partial charge in [0.25, 0.3) is 5.91 Å². The van der Waals surface area contributed by atoms with Crippen molar-refractivity contribution in [1.82, 2.24) is 9.97 Å². The Balaban J connectivity index is 1.80. The SMILES string of the molecule is O=C(O)c1cccc(NC(=O)c2cc(-c3cccnc3)nc3ccc(F)cc23)c1. The topological polar surface area (TPSA) is 92.2 Å². The molecule has 29 heavy (non-hydrogen) atoms. The summed E-state index contributed by atoms with van der Waals surface area (Å²) in [6.45, 7) is 0. The molecule has 0 aliphatic heterocycles. The summed E-state index contributed by atoms with van der Waals surface area (Å²) < 4.78 is 13.8. The van der Waals surface area contributed by atoms with Gasteiger partial charge in [-0.15, -0.1) is 0 Å². The molecule has 2 N–H and O–H groups in total. The Morgan fingerprint density at radius 3 is 2.62 bits per heavy atom. The standard InChI is InChI=1S/C22H14FN3O3/c23-15-6-7-19-17(10-15)18(11-20(26-19)14-4-2-8-24-12-14)21(27)25-16-5-1-3-13(9-16)22(28)29/h1-12H,(H,25,27)(H,28,29). The second-order valence-electron chi connectivity index (χ2n) is 6.30. The Bertz CT molecular complexity index is 1240. The molecule has 6 nitrogen and oxygen atoms in total. The van der Waals surface area contributed by atoms with Crippen molar-refractivity contribution in [2.24, 2.45) is 0 Å². The fourth-order valence-corrected chi connectivity index (χ4v) is 2.98. The van der Waals surface area contributed by atoms with Gasteiger partial charge in [0.1, 0.15) is 5.82 Å². The molecule has 4 aromatic rings. The minimum absolute atomic E-state index is 0.0458. The molecule has 0 aliphatic carbocycles. The monoisotopic (exact) mass is 387 g/mol. The average molecular weight is 387 g/mol.